The minimum atomic E-state index is -1.25. The molecule has 3 atom stereocenters. The zero-order chi connectivity index (χ0) is 15.2. The Bertz CT molecular complexity index is 576. The molecule has 2 rings (SSSR count). The highest BCUT2D eigenvalue weighted by Gasteiger charge is 2.39. The fourth-order valence-electron chi connectivity index (χ4n) is 2.31. The van der Waals surface area contributed by atoms with Gasteiger partial charge in [-0.1, -0.05) is 0 Å². The van der Waals surface area contributed by atoms with Gasteiger partial charge in [0.1, 0.15) is 12.3 Å². The highest BCUT2D eigenvalue weighted by atomic mass is 16.4. The number of nitrogens with one attached hydrogen (secondary N) is 1. The molecule has 1 aromatic rings. The molecule has 3 unspecified atom stereocenters. The number of carbonyl (C=O) groups is 1. The van der Waals surface area contributed by atoms with Crippen LogP contribution in [0.15, 0.2) is 0 Å². The number of aromatic hydroxyl groups is 3. The van der Waals surface area contributed by atoms with Gasteiger partial charge in [-0.15, -0.1) is 0 Å². The van der Waals surface area contributed by atoms with Crippen LogP contribution in [-0.4, -0.2) is 43.8 Å². The maximum absolute atomic E-state index is 10.8. The number of carboxylic acid groups (broad SMARTS) is 1. The number of aliphatic hydroxyl groups is 1. The summed E-state index contributed by atoms with van der Waals surface area (Å²) in [7, 11) is 0. The first kappa shape index (κ1) is 14.0. The molecule has 0 amide bonds. The summed E-state index contributed by atoms with van der Waals surface area (Å²) in [5, 5.41) is 50.0. The lowest BCUT2D eigenvalue weighted by Crippen LogP contribution is -2.34. The molecule has 1 aliphatic heterocycles. The fraction of sp³-hybridized carbons (Fsp3) is 0.364. The van der Waals surface area contributed by atoms with Crippen LogP contribution < -0.4 is 16.8 Å². The van der Waals surface area contributed by atoms with Crippen molar-refractivity contribution in [1.82, 2.24) is 0 Å². The second-order valence-electron chi connectivity index (χ2n) is 4.62. The van der Waals surface area contributed by atoms with Crippen molar-refractivity contribution in [3.63, 3.8) is 0 Å². The smallest absolute Gasteiger partial charge is 0.320 e. The Labute approximate surface area is 113 Å². The zero-order valence-corrected chi connectivity index (χ0v) is 10.2. The molecule has 0 saturated carbocycles. The molecular weight excluding hydrogens is 270 g/mol. The number of carboxylic acids is 1. The number of nitrogens with two attached hydrogens (primary N) is 2. The summed E-state index contributed by atoms with van der Waals surface area (Å²) in [6.45, 7) is 0. The molecule has 10 N–H and O–H groups in total. The number of hydrogen-bond donors (Lipinski definition) is 8. The van der Waals surface area contributed by atoms with E-state index in [9.17, 15) is 25.2 Å². The molecule has 1 aromatic carbocycles. The largest absolute Gasteiger partial charge is 0.503 e. The predicted octanol–water partition coefficient (Wildman–Crippen LogP) is -0.985. The molecule has 0 radical (unpaired) electrons. The first-order valence-corrected chi connectivity index (χ1v) is 5.74. The summed E-state index contributed by atoms with van der Waals surface area (Å²) in [4.78, 5) is 10.8. The third-order valence-corrected chi connectivity index (χ3v) is 3.37. The Balaban J connectivity index is 2.50. The van der Waals surface area contributed by atoms with Crippen LogP contribution in [0.25, 0.3) is 0 Å². The van der Waals surface area contributed by atoms with Gasteiger partial charge in [0.15, 0.2) is 11.5 Å². The van der Waals surface area contributed by atoms with Crippen LogP contribution in [0.2, 0.25) is 0 Å². The molecular formula is C11H15N3O6. The molecule has 1 heterocycles. The number of fused-ring (bicyclic) bond motifs is 1. The van der Waals surface area contributed by atoms with E-state index in [0.29, 0.717) is 0 Å². The van der Waals surface area contributed by atoms with Crippen molar-refractivity contribution >= 4 is 17.3 Å². The number of hydrogen-bond acceptors (Lipinski definition) is 8. The highest BCUT2D eigenvalue weighted by Crippen LogP contribution is 2.54. The molecule has 1 aliphatic rings. The van der Waals surface area contributed by atoms with E-state index in [2.05, 4.69) is 5.32 Å². The van der Waals surface area contributed by atoms with E-state index < -0.39 is 41.4 Å². The summed E-state index contributed by atoms with van der Waals surface area (Å²) < 4.78 is 0. The molecule has 9 nitrogen and oxygen atoms in total. The first-order valence-electron chi connectivity index (χ1n) is 5.74. The van der Waals surface area contributed by atoms with E-state index in [1.165, 1.54) is 0 Å². The van der Waals surface area contributed by atoms with E-state index in [4.69, 9.17) is 16.6 Å². The Kier molecular flexibility index (Phi) is 3.24. The molecule has 0 aliphatic carbocycles. The third-order valence-electron chi connectivity index (χ3n) is 3.37. The first-order chi connectivity index (χ1) is 9.25. The van der Waals surface area contributed by atoms with Gasteiger partial charge in [0.2, 0.25) is 5.75 Å². The standard InChI is InChI=1S/C11H15N3O6/c12-3(11(19)20)1-2-4-5(13)7(15)9(17)8(16)6(4)14-10(2)18/h2-3,10,14-18H,1,12-13H2,(H,19,20). The van der Waals surface area contributed by atoms with Gasteiger partial charge in [-0.3, -0.25) is 4.79 Å². The van der Waals surface area contributed by atoms with Crippen molar-refractivity contribution in [2.75, 3.05) is 11.1 Å². The van der Waals surface area contributed by atoms with Crippen LogP contribution >= 0.6 is 0 Å². The monoisotopic (exact) mass is 285 g/mol. The van der Waals surface area contributed by atoms with E-state index in [1.807, 2.05) is 0 Å². The predicted molar refractivity (Wildman–Crippen MR) is 68.4 cm³/mol. The van der Waals surface area contributed by atoms with Crippen molar-refractivity contribution in [3.05, 3.63) is 5.56 Å². The van der Waals surface area contributed by atoms with E-state index >= 15 is 0 Å². The Morgan fingerprint density at radius 1 is 1.25 bits per heavy atom. The van der Waals surface area contributed by atoms with Crippen LogP contribution in [0.4, 0.5) is 11.4 Å². The summed E-state index contributed by atoms with van der Waals surface area (Å²) in [6, 6.07) is -1.25. The number of anilines is 2. The lowest BCUT2D eigenvalue weighted by molar-refractivity contribution is -0.138. The topological polar surface area (TPSA) is 182 Å². The minimum Gasteiger partial charge on any atom is -0.503 e. The maximum atomic E-state index is 10.8. The summed E-state index contributed by atoms with van der Waals surface area (Å²) in [6.07, 6.45) is -1.41. The number of phenols is 3. The number of benzene rings is 1. The van der Waals surface area contributed by atoms with Gasteiger partial charge < -0.3 is 42.3 Å². The number of rotatable bonds is 3. The molecule has 9 heteroatoms. The van der Waals surface area contributed by atoms with Crippen LogP contribution in [0, 0.1) is 0 Å². The minimum absolute atomic E-state index is 0.0483. The number of aliphatic hydroxyl groups excluding tert-OH is 1. The molecule has 0 bridgehead atoms. The van der Waals surface area contributed by atoms with Gasteiger partial charge in [-0.2, -0.15) is 0 Å². The van der Waals surface area contributed by atoms with Crippen molar-refractivity contribution in [3.8, 4) is 17.2 Å². The number of phenolic OH excluding ortho intramolecular Hbond substituents is 3. The maximum Gasteiger partial charge on any atom is 0.320 e. The molecule has 110 valence electrons. The summed E-state index contributed by atoms with van der Waals surface area (Å²) in [5.41, 5.74) is 10.9. The van der Waals surface area contributed by atoms with Crippen LogP contribution in [0.1, 0.15) is 17.9 Å². The van der Waals surface area contributed by atoms with Gasteiger partial charge in [-0.05, 0) is 6.42 Å². The van der Waals surface area contributed by atoms with Gasteiger partial charge in [0.25, 0.3) is 0 Å². The van der Waals surface area contributed by atoms with Crippen molar-refractivity contribution in [2.45, 2.75) is 24.6 Å². The van der Waals surface area contributed by atoms with Crippen LogP contribution in [0.3, 0.4) is 0 Å². The lowest BCUT2D eigenvalue weighted by Gasteiger charge is -2.18. The van der Waals surface area contributed by atoms with E-state index in [-0.39, 0.29) is 23.4 Å². The normalized spacial score (nSPS) is 22.1. The molecule has 0 fully saturated rings. The van der Waals surface area contributed by atoms with Crippen LogP contribution in [-0.2, 0) is 4.79 Å². The van der Waals surface area contributed by atoms with Gasteiger partial charge in [-0.25, -0.2) is 0 Å². The van der Waals surface area contributed by atoms with Gasteiger partial charge in [0, 0.05) is 11.5 Å². The van der Waals surface area contributed by atoms with Crippen molar-refractivity contribution in [1.29, 1.82) is 0 Å². The SMILES string of the molecule is Nc1c(O)c(O)c(O)c2c1C(CC(N)C(=O)O)C(O)N2. The lowest BCUT2D eigenvalue weighted by atomic mass is 9.91. The Morgan fingerprint density at radius 3 is 2.40 bits per heavy atom. The van der Waals surface area contributed by atoms with Crippen molar-refractivity contribution in [2.24, 2.45) is 5.73 Å². The van der Waals surface area contributed by atoms with Crippen LogP contribution in [0.5, 0.6) is 17.2 Å². The van der Waals surface area contributed by atoms with E-state index in [0.717, 1.165) is 0 Å². The van der Waals surface area contributed by atoms with Gasteiger partial charge in [0.05, 0.1) is 11.4 Å². The molecule has 0 spiro atoms. The molecule has 0 aromatic heterocycles. The molecule has 0 saturated heterocycles. The van der Waals surface area contributed by atoms with Crippen molar-refractivity contribution < 1.29 is 30.3 Å². The molecule has 20 heavy (non-hydrogen) atoms. The zero-order valence-electron chi connectivity index (χ0n) is 10.2. The average molecular weight is 285 g/mol. The fourth-order valence-corrected chi connectivity index (χ4v) is 2.31. The highest BCUT2D eigenvalue weighted by molar-refractivity contribution is 5.84. The Hall–Kier alpha value is -2.39. The second-order valence-corrected chi connectivity index (χ2v) is 4.62. The number of nitrogen functional groups attached to an aromatic ring is 1. The Morgan fingerprint density at radius 2 is 1.85 bits per heavy atom. The summed E-state index contributed by atoms with van der Waals surface area (Å²) in [5.74, 6) is -4.31. The second kappa shape index (κ2) is 4.62. The average Bonchev–Trinajstić information content (AvgIpc) is 2.71. The summed E-state index contributed by atoms with van der Waals surface area (Å²) >= 11 is 0. The quantitative estimate of drug-likeness (QED) is 0.196. The number of aliphatic carboxylic acids is 1. The van der Waals surface area contributed by atoms with Gasteiger partial charge >= 0.3 is 5.97 Å². The van der Waals surface area contributed by atoms with E-state index in [1.54, 1.807) is 0 Å². The third kappa shape index (κ3) is 1.92.